The van der Waals surface area contributed by atoms with Crippen molar-refractivity contribution in [1.82, 2.24) is 0 Å². The van der Waals surface area contributed by atoms with Crippen LogP contribution in [0.5, 0.6) is 5.75 Å². The molecule has 1 aromatic rings. The molecule has 0 N–H and O–H groups in total. The number of halogens is 1. The number of hydrogen-bond acceptors (Lipinski definition) is 1. The Kier molecular flexibility index (Phi) is 3.07. The Labute approximate surface area is 112 Å². The number of allylic oxidation sites excluding steroid dienone is 5. The van der Waals surface area contributed by atoms with Crippen LogP contribution >= 0.6 is 11.6 Å². The van der Waals surface area contributed by atoms with Crippen LogP contribution in [0.2, 0.25) is 0 Å². The lowest BCUT2D eigenvalue weighted by molar-refractivity contribution is 0.284. The standard InChI is InChI=1S/C16H13ClO/c17-13-10-12-6-4-5-9-15(12)16(11-13)18-14-7-2-1-3-8-14/h1-5,7-11,16H,6H2. The van der Waals surface area contributed by atoms with Crippen LogP contribution in [-0.2, 0) is 0 Å². The van der Waals surface area contributed by atoms with Gasteiger partial charge in [0.1, 0.15) is 11.9 Å². The summed E-state index contributed by atoms with van der Waals surface area (Å²) in [6.07, 6.45) is 11.1. The molecule has 0 spiro atoms. The van der Waals surface area contributed by atoms with E-state index in [1.54, 1.807) is 0 Å². The van der Waals surface area contributed by atoms with Crippen LogP contribution in [0.3, 0.4) is 0 Å². The van der Waals surface area contributed by atoms with E-state index in [0.717, 1.165) is 17.2 Å². The lowest BCUT2D eigenvalue weighted by Crippen LogP contribution is -2.21. The molecule has 0 saturated heterocycles. The van der Waals surface area contributed by atoms with Crippen molar-refractivity contribution in [2.45, 2.75) is 12.5 Å². The van der Waals surface area contributed by atoms with Crippen LogP contribution in [0.15, 0.2) is 76.9 Å². The molecule has 0 aliphatic heterocycles. The van der Waals surface area contributed by atoms with Crippen molar-refractivity contribution >= 4 is 11.6 Å². The molecule has 90 valence electrons. The molecule has 2 aliphatic carbocycles. The molecule has 0 saturated carbocycles. The Hall–Kier alpha value is -1.73. The molecule has 1 atom stereocenters. The van der Waals surface area contributed by atoms with Crippen molar-refractivity contribution in [3.8, 4) is 5.75 Å². The van der Waals surface area contributed by atoms with E-state index in [0.29, 0.717) is 0 Å². The van der Waals surface area contributed by atoms with Gasteiger partial charge in [0, 0.05) is 5.03 Å². The molecule has 2 heteroatoms. The molecule has 0 amide bonds. The highest BCUT2D eigenvalue weighted by molar-refractivity contribution is 6.31. The van der Waals surface area contributed by atoms with E-state index in [1.807, 2.05) is 42.5 Å². The highest BCUT2D eigenvalue weighted by Crippen LogP contribution is 2.32. The van der Waals surface area contributed by atoms with E-state index in [9.17, 15) is 0 Å². The van der Waals surface area contributed by atoms with Crippen LogP contribution in [-0.4, -0.2) is 6.10 Å². The van der Waals surface area contributed by atoms with Crippen LogP contribution in [0, 0.1) is 0 Å². The molecule has 0 aromatic heterocycles. The van der Waals surface area contributed by atoms with Crippen LogP contribution in [0.1, 0.15) is 6.42 Å². The summed E-state index contributed by atoms with van der Waals surface area (Å²) in [5.41, 5.74) is 2.44. The number of rotatable bonds is 2. The van der Waals surface area contributed by atoms with Crippen LogP contribution in [0.25, 0.3) is 0 Å². The molecule has 1 aromatic carbocycles. The normalized spacial score (nSPS) is 21.6. The summed E-state index contributed by atoms with van der Waals surface area (Å²) in [5.74, 6) is 0.861. The first-order valence-corrected chi connectivity index (χ1v) is 6.37. The lowest BCUT2D eigenvalue weighted by Gasteiger charge is -2.25. The smallest absolute Gasteiger partial charge is 0.144 e. The number of fused-ring (bicyclic) bond motifs is 1. The highest BCUT2D eigenvalue weighted by Gasteiger charge is 2.22. The van der Waals surface area contributed by atoms with Gasteiger partial charge in [0.25, 0.3) is 0 Å². The van der Waals surface area contributed by atoms with Gasteiger partial charge in [0.2, 0.25) is 0 Å². The van der Waals surface area contributed by atoms with Gasteiger partial charge in [-0.05, 0) is 41.9 Å². The van der Waals surface area contributed by atoms with Crippen LogP contribution in [0.4, 0.5) is 0 Å². The fourth-order valence-electron chi connectivity index (χ4n) is 2.20. The van der Waals surface area contributed by atoms with E-state index in [2.05, 4.69) is 18.2 Å². The third-order valence-electron chi connectivity index (χ3n) is 3.06. The molecule has 0 heterocycles. The van der Waals surface area contributed by atoms with Crippen molar-refractivity contribution in [3.05, 3.63) is 76.9 Å². The maximum Gasteiger partial charge on any atom is 0.144 e. The second-order valence-electron chi connectivity index (χ2n) is 4.33. The monoisotopic (exact) mass is 256 g/mol. The molecule has 2 aliphatic rings. The van der Waals surface area contributed by atoms with Gasteiger partial charge in [-0.3, -0.25) is 0 Å². The van der Waals surface area contributed by atoms with Crippen molar-refractivity contribution in [3.63, 3.8) is 0 Å². The van der Waals surface area contributed by atoms with Gasteiger partial charge in [0.15, 0.2) is 0 Å². The minimum atomic E-state index is -0.0927. The summed E-state index contributed by atoms with van der Waals surface area (Å²) in [5, 5.41) is 0.749. The summed E-state index contributed by atoms with van der Waals surface area (Å²) < 4.78 is 5.99. The molecular formula is C16H13ClO. The van der Waals surface area contributed by atoms with Crippen LogP contribution < -0.4 is 4.74 Å². The third kappa shape index (κ3) is 2.27. The van der Waals surface area contributed by atoms with E-state index in [-0.39, 0.29) is 6.10 Å². The Balaban J connectivity index is 1.89. The minimum Gasteiger partial charge on any atom is -0.482 e. The number of benzene rings is 1. The zero-order chi connectivity index (χ0) is 12.4. The molecule has 0 bridgehead atoms. The molecule has 1 unspecified atom stereocenters. The van der Waals surface area contributed by atoms with E-state index in [4.69, 9.17) is 16.3 Å². The zero-order valence-corrected chi connectivity index (χ0v) is 10.6. The largest absolute Gasteiger partial charge is 0.482 e. The average Bonchev–Trinajstić information content (AvgIpc) is 2.40. The topological polar surface area (TPSA) is 9.23 Å². The predicted molar refractivity (Wildman–Crippen MR) is 74.7 cm³/mol. The van der Waals surface area contributed by atoms with E-state index >= 15 is 0 Å². The van der Waals surface area contributed by atoms with E-state index in [1.165, 1.54) is 11.1 Å². The second-order valence-corrected chi connectivity index (χ2v) is 4.76. The molecule has 0 radical (unpaired) electrons. The van der Waals surface area contributed by atoms with Gasteiger partial charge in [-0.15, -0.1) is 0 Å². The first-order chi connectivity index (χ1) is 8.83. The van der Waals surface area contributed by atoms with Gasteiger partial charge in [-0.1, -0.05) is 48.0 Å². The first kappa shape index (κ1) is 11.4. The maximum atomic E-state index is 6.15. The summed E-state index contributed by atoms with van der Waals surface area (Å²) in [6, 6.07) is 9.83. The summed E-state index contributed by atoms with van der Waals surface area (Å²) in [4.78, 5) is 0. The molecule has 18 heavy (non-hydrogen) atoms. The Morgan fingerprint density at radius 1 is 1.17 bits per heavy atom. The second kappa shape index (κ2) is 4.87. The fourth-order valence-corrected chi connectivity index (χ4v) is 2.45. The number of hydrogen-bond donors (Lipinski definition) is 0. The molecule has 3 rings (SSSR count). The average molecular weight is 257 g/mol. The van der Waals surface area contributed by atoms with Gasteiger partial charge in [0.05, 0.1) is 0 Å². The lowest BCUT2D eigenvalue weighted by atomic mass is 9.90. The van der Waals surface area contributed by atoms with Gasteiger partial charge < -0.3 is 4.74 Å². The maximum absolute atomic E-state index is 6.15. The third-order valence-corrected chi connectivity index (χ3v) is 3.29. The fraction of sp³-hybridized carbons (Fsp3) is 0.125. The summed E-state index contributed by atoms with van der Waals surface area (Å²) in [6.45, 7) is 0. The Morgan fingerprint density at radius 3 is 2.83 bits per heavy atom. The number of ether oxygens (including phenoxy) is 1. The van der Waals surface area contributed by atoms with E-state index < -0.39 is 0 Å². The van der Waals surface area contributed by atoms with Crippen molar-refractivity contribution in [2.24, 2.45) is 0 Å². The predicted octanol–water partition coefficient (Wildman–Crippen LogP) is 4.38. The Bertz CT molecular complexity index is 564. The van der Waals surface area contributed by atoms with Crippen molar-refractivity contribution in [2.75, 3.05) is 0 Å². The molecule has 1 nitrogen and oxygen atoms in total. The first-order valence-electron chi connectivity index (χ1n) is 5.99. The Morgan fingerprint density at radius 2 is 2.00 bits per heavy atom. The quantitative estimate of drug-likeness (QED) is 0.763. The van der Waals surface area contributed by atoms with Crippen molar-refractivity contribution in [1.29, 1.82) is 0 Å². The molecular weight excluding hydrogens is 244 g/mol. The van der Waals surface area contributed by atoms with Gasteiger partial charge >= 0.3 is 0 Å². The summed E-state index contributed by atoms with van der Waals surface area (Å²) in [7, 11) is 0. The molecule has 0 fully saturated rings. The summed E-state index contributed by atoms with van der Waals surface area (Å²) >= 11 is 6.15. The highest BCUT2D eigenvalue weighted by atomic mass is 35.5. The SMILES string of the molecule is ClC1=CC(Oc2ccccc2)C2=CC=CCC2=C1. The van der Waals surface area contributed by atoms with Crippen molar-refractivity contribution < 1.29 is 4.74 Å². The van der Waals surface area contributed by atoms with Gasteiger partial charge in [-0.2, -0.15) is 0 Å². The number of para-hydroxylation sites is 1. The minimum absolute atomic E-state index is 0.0927. The zero-order valence-electron chi connectivity index (χ0n) is 9.84. The van der Waals surface area contributed by atoms with Gasteiger partial charge in [-0.25, -0.2) is 0 Å².